The van der Waals surface area contributed by atoms with Gasteiger partial charge in [0.05, 0.1) is 22.4 Å². The SMILES string of the molecule is c1ccc(-c2nc3c4ccccc4ccc3c3c2cc(-c2ccc4c(c2)nc(-c2ccccc2)c2ccc5c6ccccc6oc5c24)c2ccccc23)cc1. The van der Waals surface area contributed by atoms with Gasteiger partial charge in [0.15, 0.2) is 0 Å². The molecule has 0 amide bonds. The fourth-order valence-corrected chi connectivity index (χ4v) is 8.91. The normalized spacial score (nSPS) is 12.0. The van der Waals surface area contributed by atoms with E-state index in [1.807, 2.05) is 6.07 Å². The summed E-state index contributed by atoms with van der Waals surface area (Å²) < 4.78 is 6.67. The van der Waals surface area contributed by atoms with Crippen molar-refractivity contribution in [1.82, 2.24) is 9.97 Å². The summed E-state index contributed by atoms with van der Waals surface area (Å²) in [5, 5.41) is 13.7. The molecule has 3 nitrogen and oxygen atoms in total. The zero-order chi connectivity index (χ0) is 36.0. The van der Waals surface area contributed by atoms with Crippen LogP contribution >= 0.6 is 0 Å². The lowest BCUT2D eigenvalue weighted by molar-refractivity contribution is 0.673. The van der Waals surface area contributed by atoms with Crippen LogP contribution in [-0.2, 0) is 0 Å². The van der Waals surface area contributed by atoms with E-state index in [0.29, 0.717) is 0 Å². The molecule has 12 aromatic rings. The van der Waals surface area contributed by atoms with Gasteiger partial charge >= 0.3 is 0 Å². The Hall–Kier alpha value is -7.36. The van der Waals surface area contributed by atoms with E-state index in [0.717, 1.165) is 98.9 Å². The van der Waals surface area contributed by atoms with Crippen molar-refractivity contribution in [2.24, 2.45) is 0 Å². The predicted octanol–water partition coefficient (Wildman–Crippen LogP) is 14.3. The molecule has 0 unspecified atom stereocenters. The van der Waals surface area contributed by atoms with E-state index in [2.05, 4.69) is 176 Å². The lowest BCUT2D eigenvalue weighted by Crippen LogP contribution is -1.94. The summed E-state index contributed by atoms with van der Waals surface area (Å²) in [6, 6.07) is 64.8. The molecule has 0 saturated heterocycles. The van der Waals surface area contributed by atoms with Gasteiger partial charge in [-0.15, -0.1) is 0 Å². The topological polar surface area (TPSA) is 38.9 Å². The Balaban J connectivity index is 1.20. The maximum atomic E-state index is 6.67. The number of pyridine rings is 2. The van der Waals surface area contributed by atoms with Gasteiger partial charge in [-0.25, -0.2) is 9.97 Å². The van der Waals surface area contributed by atoms with Gasteiger partial charge in [0.25, 0.3) is 0 Å². The van der Waals surface area contributed by atoms with Gasteiger partial charge in [0.1, 0.15) is 11.2 Å². The van der Waals surface area contributed by atoms with Crippen LogP contribution in [-0.4, -0.2) is 9.97 Å². The summed E-state index contributed by atoms with van der Waals surface area (Å²) in [7, 11) is 0. The minimum Gasteiger partial charge on any atom is -0.455 e. The number of aromatic nitrogens is 2. The highest BCUT2D eigenvalue weighted by molar-refractivity contribution is 6.29. The van der Waals surface area contributed by atoms with Gasteiger partial charge in [-0.1, -0.05) is 158 Å². The molecule has 254 valence electrons. The first-order chi connectivity index (χ1) is 27.3. The first kappa shape index (κ1) is 30.1. The fourth-order valence-electron chi connectivity index (χ4n) is 8.91. The van der Waals surface area contributed by atoms with Crippen LogP contribution in [0, 0.1) is 0 Å². The van der Waals surface area contributed by atoms with Crippen LogP contribution in [0.2, 0.25) is 0 Å². The molecule has 0 aliphatic heterocycles. The minimum absolute atomic E-state index is 0.888. The molecule has 0 fully saturated rings. The summed E-state index contributed by atoms with van der Waals surface area (Å²) in [4.78, 5) is 10.9. The van der Waals surface area contributed by atoms with Crippen molar-refractivity contribution in [2.75, 3.05) is 0 Å². The maximum Gasteiger partial charge on any atom is 0.144 e. The average molecular weight is 699 g/mol. The van der Waals surface area contributed by atoms with Crippen molar-refractivity contribution in [1.29, 1.82) is 0 Å². The maximum absolute atomic E-state index is 6.67. The van der Waals surface area contributed by atoms with Gasteiger partial charge in [-0.3, -0.25) is 0 Å². The Morgan fingerprint density at radius 3 is 1.76 bits per heavy atom. The van der Waals surface area contributed by atoms with Crippen molar-refractivity contribution >= 4 is 86.8 Å². The molecular formula is C52H30N2O. The third-order valence-corrected chi connectivity index (χ3v) is 11.4. The van der Waals surface area contributed by atoms with Crippen LogP contribution in [0.3, 0.4) is 0 Å². The molecule has 12 rings (SSSR count). The van der Waals surface area contributed by atoms with Crippen LogP contribution in [0.25, 0.3) is 120 Å². The third-order valence-electron chi connectivity index (χ3n) is 11.4. The lowest BCUT2D eigenvalue weighted by Gasteiger charge is -2.17. The summed E-state index contributed by atoms with van der Waals surface area (Å²) in [6.07, 6.45) is 0. The van der Waals surface area contributed by atoms with Crippen LogP contribution in [0.4, 0.5) is 0 Å². The standard InChI is InChI=1S/C52H30N2O/c1-3-14-32(15-4-1)49-42-28-27-39-37-20-11-12-22-46(37)55-52(39)48(42)40-25-24-34(29-45(40)53-49)43-30-44-47(38-21-10-9-19-36(38)43)41-26-23-31-13-7-8-18-35(31)51(41)54-50(44)33-16-5-2-6-17-33/h1-30H. The van der Waals surface area contributed by atoms with Gasteiger partial charge in [-0.2, -0.15) is 0 Å². The monoisotopic (exact) mass is 698 g/mol. The number of hydrogen-bond acceptors (Lipinski definition) is 3. The van der Waals surface area contributed by atoms with Gasteiger partial charge in [-0.05, 0) is 51.6 Å². The van der Waals surface area contributed by atoms with Crippen LogP contribution in [0.5, 0.6) is 0 Å². The van der Waals surface area contributed by atoms with E-state index >= 15 is 0 Å². The lowest BCUT2D eigenvalue weighted by atomic mass is 9.88. The first-order valence-electron chi connectivity index (χ1n) is 18.7. The Labute approximate surface area is 315 Å². The van der Waals surface area contributed by atoms with Crippen molar-refractivity contribution in [3.8, 4) is 33.6 Å². The van der Waals surface area contributed by atoms with Crippen molar-refractivity contribution in [3.63, 3.8) is 0 Å². The molecule has 0 atom stereocenters. The number of para-hydroxylation sites is 1. The van der Waals surface area contributed by atoms with E-state index in [1.54, 1.807) is 0 Å². The third kappa shape index (κ3) is 4.44. The molecule has 0 radical (unpaired) electrons. The molecule has 0 spiro atoms. The Kier molecular flexibility index (Phi) is 6.34. The van der Waals surface area contributed by atoms with Gasteiger partial charge < -0.3 is 4.42 Å². The zero-order valence-electron chi connectivity index (χ0n) is 29.6. The predicted molar refractivity (Wildman–Crippen MR) is 231 cm³/mol. The van der Waals surface area contributed by atoms with E-state index < -0.39 is 0 Å². The van der Waals surface area contributed by atoms with Crippen LogP contribution in [0.1, 0.15) is 0 Å². The highest BCUT2D eigenvalue weighted by Crippen LogP contribution is 2.45. The number of hydrogen-bond donors (Lipinski definition) is 0. The quantitative estimate of drug-likeness (QED) is 0.172. The number of rotatable bonds is 3. The Morgan fingerprint density at radius 1 is 0.345 bits per heavy atom. The molecule has 3 aromatic heterocycles. The van der Waals surface area contributed by atoms with Gasteiger partial charge in [0.2, 0.25) is 0 Å². The summed E-state index contributed by atoms with van der Waals surface area (Å²) in [5.41, 5.74) is 10.1. The number of furan rings is 1. The summed E-state index contributed by atoms with van der Waals surface area (Å²) in [6.45, 7) is 0. The molecule has 0 bridgehead atoms. The van der Waals surface area contributed by atoms with E-state index in [9.17, 15) is 0 Å². The second-order valence-electron chi connectivity index (χ2n) is 14.4. The zero-order valence-corrected chi connectivity index (χ0v) is 29.6. The molecule has 55 heavy (non-hydrogen) atoms. The molecule has 3 heterocycles. The average Bonchev–Trinajstić information content (AvgIpc) is 3.64. The van der Waals surface area contributed by atoms with Crippen LogP contribution < -0.4 is 0 Å². The van der Waals surface area contributed by atoms with Crippen LogP contribution in [0.15, 0.2) is 186 Å². The molecule has 0 N–H and O–H groups in total. The van der Waals surface area contributed by atoms with E-state index in [-0.39, 0.29) is 0 Å². The molecular weight excluding hydrogens is 669 g/mol. The summed E-state index contributed by atoms with van der Waals surface area (Å²) in [5.74, 6) is 0. The Morgan fingerprint density at radius 2 is 0.964 bits per heavy atom. The molecule has 9 aromatic carbocycles. The minimum atomic E-state index is 0.888. The van der Waals surface area contributed by atoms with Crippen molar-refractivity contribution in [3.05, 3.63) is 182 Å². The fraction of sp³-hybridized carbons (Fsp3) is 0. The first-order valence-corrected chi connectivity index (χ1v) is 18.7. The smallest absolute Gasteiger partial charge is 0.144 e. The number of nitrogens with zero attached hydrogens (tertiary/aromatic N) is 2. The Bertz CT molecular complexity index is 3530. The second kappa shape index (κ2) is 11.6. The molecule has 0 saturated carbocycles. The molecule has 3 heteroatoms. The summed E-state index contributed by atoms with van der Waals surface area (Å²) >= 11 is 0. The highest BCUT2D eigenvalue weighted by atomic mass is 16.3. The largest absolute Gasteiger partial charge is 0.455 e. The van der Waals surface area contributed by atoms with Gasteiger partial charge in [0, 0.05) is 59.6 Å². The highest BCUT2D eigenvalue weighted by Gasteiger charge is 2.20. The van der Waals surface area contributed by atoms with E-state index in [4.69, 9.17) is 14.4 Å². The number of benzene rings is 9. The van der Waals surface area contributed by atoms with Crippen molar-refractivity contribution < 1.29 is 4.42 Å². The number of fused-ring (bicyclic) bond motifs is 14. The molecule has 0 aliphatic carbocycles. The van der Waals surface area contributed by atoms with E-state index in [1.165, 1.54) is 21.5 Å². The molecule has 0 aliphatic rings. The second-order valence-corrected chi connectivity index (χ2v) is 14.4. The van der Waals surface area contributed by atoms with Crippen molar-refractivity contribution in [2.45, 2.75) is 0 Å².